The lowest BCUT2D eigenvalue weighted by Crippen LogP contribution is -2.37. The molecule has 0 bridgehead atoms. The Balaban J connectivity index is 1.79. The largest absolute Gasteiger partial charge is 0.489 e. The third-order valence-electron chi connectivity index (χ3n) is 5.01. The van der Waals surface area contributed by atoms with E-state index in [1.165, 1.54) is 11.0 Å². The Labute approximate surface area is 180 Å². The first-order valence-electron chi connectivity index (χ1n) is 9.53. The zero-order chi connectivity index (χ0) is 22.3. The summed E-state index contributed by atoms with van der Waals surface area (Å²) in [7, 11) is 1.54. The highest BCUT2D eigenvalue weighted by atomic mass is 32.1. The molecule has 0 aliphatic carbocycles. The van der Waals surface area contributed by atoms with E-state index in [2.05, 4.69) is 16.8 Å². The molecule has 7 nitrogen and oxygen atoms in total. The van der Waals surface area contributed by atoms with Crippen molar-refractivity contribution in [3.63, 3.8) is 0 Å². The molecular weight excluding hydrogens is 430 g/mol. The van der Waals surface area contributed by atoms with E-state index in [9.17, 15) is 23.5 Å². The van der Waals surface area contributed by atoms with Crippen LogP contribution in [0.15, 0.2) is 12.1 Å². The molecule has 1 aromatic heterocycles. The highest BCUT2D eigenvalue weighted by Gasteiger charge is 2.42. The summed E-state index contributed by atoms with van der Waals surface area (Å²) in [5.41, 5.74) is -1.61. The molecule has 162 valence electrons. The molecule has 0 saturated carbocycles. The summed E-state index contributed by atoms with van der Waals surface area (Å²) in [6, 6.07) is 2.37. The van der Waals surface area contributed by atoms with Gasteiger partial charge in [0.2, 0.25) is 10.6 Å². The van der Waals surface area contributed by atoms with E-state index in [0.29, 0.717) is 6.54 Å². The second-order valence-electron chi connectivity index (χ2n) is 7.15. The van der Waals surface area contributed by atoms with Crippen molar-refractivity contribution < 1.29 is 33.0 Å². The number of halogens is 2. The van der Waals surface area contributed by atoms with Crippen LogP contribution in [0, 0.1) is 17.7 Å². The van der Waals surface area contributed by atoms with Crippen LogP contribution in [0.25, 0.3) is 11.3 Å². The molecule has 1 aromatic carbocycles. The number of likely N-dealkylation sites (tertiary alicyclic amines) is 1. The third-order valence-corrected chi connectivity index (χ3v) is 6.13. The first-order valence-corrected chi connectivity index (χ1v) is 10.3. The number of fused-ring (bicyclic) bond motifs is 3. The number of nitrogens with zero attached hydrogens (tertiary/aromatic N) is 2. The molecule has 1 saturated heterocycles. The van der Waals surface area contributed by atoms with Crippen LogP contribution in [0.5, 0.6) is 5.75 Å². The van der Waals surface area contributed by atoms with Crippen LogP contribution in [0.2, 0.25) is 0 Å². The van der Waals surface area contributed by atoms with Crippen molar-refractivity contribution >= 4 is 23.2 Å². The quantitative estimate of drug-likeness (QED) is 0.561. The Bertz CT molecular complexity index is 1140. The summed E-state index contributed by atoms with van der Waals surface area (Å²) in [4.78, 5) is 29.9. The molecule has 2 atom stereocenters. The molecule has 0 spiro atoms. The van der Waals surface area contributed by atoms with E-state index in [1.807, 2.05) is 0 Å². The van der Waals surface area contributed by atoms with Gasteiger partial charge in [0.15, 0.2) is 6.17 Å². The lowest BCUT2D eigenvalue weighted by atomic mass is 10.0. The molecule has 10 heteroatoms. The topological polar surface area (TPSA) is 89.0 Å². The van der Waals surface area contributed by atoms with E-state index >= 15 is 0 Å². The fourth-order valence-electron chi connectivity index (χ4n) is 3.35. The smallest absolute Gasteiger partial charge is 0.367 e. The lowest BCUT2D eigenvalue weighted by molar-refractivity contribution is -0.137. The maximum absolute atomic E-state index is 14.6. The molecule has 4 rings (SSSR count). The molecular formula is C21H18F2N2O5S. The van der Waals surface area contributed by atoms with Crippen LogP contribution < -0.4 is 4.74 Å². The highest BCUT2D eigenvalue weighted by molar-refractivity contribution is 7.14. The minimum atomic E-state index is -1.89. The van der Waals surface area contributed by atoms with Crippen LogP contribution >= 0.6 is 11.3 Å². The van der Waals surface area contributed by atoms with E-state index in [4.69, 9.17) is 9.47 Å². The number of amides is 1. The number of carbonyl (C=O) groups is 2. The van der Waals surface area contributed by atoms with Crippen molar-refractivity contribution in [3.8, 4) is 28.8 Å². The second-order valence-corrected chi connectivity index (χ2v) is 8.18. The van der Waals surface area contributed by atoms with Crippen molar-refractivity contribution in [3.05, 3.63) is 33.4 Å². The van der Waals surface area contributed by atoms with Gasteiger partial charge in [-0.15, -0.1) is 11.3 Å². The predicted octanol–water partition coefficient (Wildman–Crippen LogP) is 2.47. The molecule has 2 aliphatic rings. The fraction of sp³-hybridized carbons (Fsp3) is 0.381. The third kappa shape index (κ3) is 3.75. The Kier molecular flexibility index (Phi) is 5.41. The van der Waals surface area contributed by atoms with Gasteiger partial charge in [0.05, 0.1) is 22.7 Å². The summed E-state index contributed by atoms with van der Waals surface area (Å²) in [6.07, 6.45) is -1.46. The van der Waals surface area contributed by atoms with Gasteiger partial charge in [0, 0.05) is 31.6 Å². The summed E-state index contributed by atoms with van der Waals surface area (Å²) >= 11 is 0.851. The van der Waals surface area contributed by atoms with E-state index in [1.54, 1.807) is 14.0 Å². The van der Waals surface area contributed by atoms with Crippen LogP contribution in [0.4, 0.5) is 8.78 Å². The number of esters is 1. The van der Waals surface area contributed by atoms with Crippen LogP contribution in [0.3, 0.4) is 0 Å². The van der Waals surface area contributed by atoms with Gasteiger partial charge in [-0.1, -0.05) is 11.8 Å². The zero-order valence-electron chi connectivity index (χ0n) is 16.7. The van der Waals surface area contributed by atoms with Gasteiger partial charge >= 0.3 is 5.97 Å². The molecule has 0 radical (unpaired) electrons. The average molecular weight is 448 g/mol. The lowest BCUT2D eigenvalue weighted by Gasteiger charge is -2.13. The zero-order valence-corrected chi connectivity index (χ0v) is 17.5. The molecule has 1 amide bonds. The number of hydrogen-bond donors (Lipinski definition) is 1. The van der Waals surface area contributed by atoms with E-state index in [0.717, 1.165) is 17.4 Å². The summed E-state index contributed by atoms with van der Waals surface area (Å²) in [6.45, 7) is 1.76. The number of ether oxygens (including phenoxy) is 2. The number of benzene rings is 1. The van der Waals surface area contributed by atoms with Gasteiger partial charge in [-0.2, -0.15) is 0 Å². The van der Waals surface area contributed by atoms with Crippen LogP contribution in [-0.4, -0.2) is 59.3 Å². The number of carbonyl (C=O) groups excluding carboxylic acids is 2. The average Bonchev–Trinajstić information content (AvgIpc) is 3.26. The Hall–Kier alpha value is -3.03. The molecule has 2 aliphatic heterocycles. The molecule has 1 unspecified atom stereocenters. The van der Waals surface area contributed by atoms with Crippen molar-refractivity contribution in [2.45, 2.75) is 25.1 Å². The molecule has 3 heterocycles. The number of rotatable bonds is 2. The SMILES string of the molecule is CCOC(=O)c1nc2c(s1)C(F)COc1cc(F)c(C#C[C@]3(O)CCN(C)C3=O)cc1-2. The molecule has 1 fully saturated rings. The van der Waals surface area contributed by atoms with E-state index in [-0.39, 0.29) is 52.1 Å². The first kappa shape index (κ1) is 21.2. The minimum absolute atomic E-state index is 0.0202. The van der Waals surface area contributed by atoms with Crippen molar-refractivity contribution in [1.82, 2.24) is 9.88 Å². The normalized spacial score (nSPS) is 22.0. The second kappa shape index (κ2) is 7.90. The predicted molar refractivity (Wildman–Crippen MR) is 107 cm³/mol. The van der Waals surface area contributed by atoms with Gasteiger partial charge in [-0.3, -0.25) is 4.79 Å². The Morgan fingerprint density at radius 3 is 2.97 bits per heavy atom. The fourth-order valence-corrected chi connectivity index (χ4v) is 4.29. The summed E-state index contributed by atoms with van der Waals surface area (Å²) < 4.78 is 39.6. The van der Waals surface area contributed by atoms with Crippen LogP contribution in [0.1, 0.15) is 39.8 Å². The maximum Gasteiger partial charge on any atom is 0.367 e. The number of aromatic nitrogens is 1. The molecule has 1 N–H and O–H groups in total. The first-order chi connectivity index (χ1) is 14.7. The van der Waals surface area contributed by atoms with Crippen molar-refractivity contribution in [1.29, 1.82) is 0 Å². The summed E-state index contributed by atoms with van der Waals surface area (Å²) in [5.74, 6) is 3.05. The van der Waals surface area contributed by atoms with Gasteiger partial charge in [0.1, 0.15) is 18.2 Å². The molecule has 31 heavy (non-hydrogen) atoms. The highest BCUT2D eigenvalue weighted by Crippen LogP contribution is 2.43. The number of alkyl halides is 1. The number of likely N-dealkylation sites (N-methyl/N-ethyl adjacent to an activating group) is 1. The molecule has 2 aromatic rings. The van der Waals surface area contributed by atoms with Gasteiger partial charge < -0.3 is 19.5 Å². The standard InChI is InChI=1S/C21H18F2N2O5S/c1-3-29-19(26)18-24-16-12-8-11(4-5-21(28)6-7-25(2)20(21)27)13(22)9-15(12)30-10-14(23)17(16)31-18/h8-9,14,28H,3,6-7,10H2,1-2H3/t14?,21-/m0/s1. The van der Waals surface area contributed by atoms with Gasteiger partial charge in [-0.05, 0) is 13.0 Å². The minimum Gasteiger partial charge on any atom is -0.489 e. The van der Waals surface area contributed by atoms with Crippen LogP contribution in [-0.2, 0) is 9.53 Å². The van der Waals surface area contributed by atoms with E-state index < -0.39 is 29.5 Å². The number of aliphatic hydroxyl groups is 1. The number of hydrogen-bond acceptors (Lipinski definition) is 7. The van der Waals surface area contributed by atoms with Crippen molar-refractivity contribution in [2.75, 3.05) is 26.8 Å². The maximum atomic E-state index is 14.6. The monoisotopic (exact) mass is 448 g/mol. The Morgan fingerprint density at radius 1 is 1.52 bits per heavy atom. The van der Waals surface area contributed by atoms with Gasteiger partial charge in [0.25, 0.3) is 5.91 Å². The van der Waals surface area contributed by atoms with Crippen molar-refractivity contribution in [2.24, 2.45) is 0 Å². The number of thiazole rings is 1. The van der Waals surface area contributed by atoms with Gasteiger partial charge in [-0.25, -0.2) is 18.6 Å². The Morgan fingerprint density at radius 2 is 2.29 bits per heavy atom. The summed E-state index contributed by atoms with van der Waals surface area (Å²) in [5, 5.41) is 10.4.